The van der Waals surface area contributed by atoms with Crippen molar-refractivity contribution in [1.82, 2.24) is 10.3 Å². The highest BCUT2D eigenvalue weighted by molar-refractivity contribution is 6.30. The zero-order valence-electron chi connectivity index (χ0n) is 11.5. The van der Waals surface area contributed by atoms with Crippen LogP contribution < -0.4 is 10.2 Å². The summed E-state index contributed by atoms with van der Waals surface area (Å²) in [4.78, 5) is 17.1. The molecule has 6 nitrogen and oxygen atoms in total. The Kier molecular flexibility index (Phi) is 5.14. The molecule has 0 aliphatic carbocycles. The van der Waals surface area contributed by atoms with Gasteiger partial charge in [-0.25, -0.2) is 4.98 Å². The summed E-state index contributed by atoms with van der Waals surface area (Å²) in [7, 11) is 0. The Bertz CT molecular complexity index is 477. The van der Waals surface area contributed by atoms with Crippen LogP contribution in [0.25, 0.3) is 0 Å². The third-order valence-electron chi connectivity index (χ3n) is 3.46. The minimum absolute atomic E-state index is 0.0171. The van der Waals surface area contributed by atoms with Crippen LogP contribution in [0.15, 0.2) is 12.3 Å². The molecule has 0 spiro atoms. The van der Waals surface area contributed by atoms with Crippen molar-refractivity contribution in [2.45, 2.75) is 32.2 Å². The average Bonchev–Trinajstić information content (AvgIpc) is 2.46. The lowest BCUT2D eigenvalue weighted by atomic mass is 10.1. The van der Waals surface area contributed by atoms with E-state index >= 15 is 0 Å². The Balaban J connectivity index is 2.35. The van der Waals surface area contributed by atoms with Crippen LogP contribution >= 0.6 is 11.6 Å². The molecule has 110 valence electrons. The van der Waals surface area contributed by atoms with E-state index in [2.05, 4.69) is 17.2 Å². The number of pyridine rings is 1. The largest absolute Gasteiger partial charge is 0.347 e. The summed E-state index contributed by atoms with van der Waals surface area (Å²) in [6.45, 7) is 4.65. The Morgan fingerprint density at radius 3 is 3.05 bits per heavy atom. The topological polar surface area (TPSA) is 71.3 Å². The summed E-state index contributed by atoms with van der Waals surface area (Å²) >= 11 is 5.83. The van der Waals surface area contributed by atoms with E-state index in [-0.39, 0.29) is 11.7 Å². The van der Waals surface area contributed by atoms with Crippen molar-refractivity contribution in [3.8, 4) is 0 Å². The van der Waals surface area contributed by atoms with Gasteiger partial charge in [-0.15, -0.1) is 0 Å². The number of nitro groups is 1. The number of piperidine rings is 1. The highest BCUT2D eigenvalue weighted by Crippen LogP contribution is 2.31. The zero-order chi connectivity index (χ0) is 14.5. The molecule has 1 aromatic heterocycles. The molecule has 20 heavy (non-hydrogen) atoms. The summed E-state index contributed by atoms with van der Waals surface area (Å²) in [5, 5.41) is 14.9. The molecular weight excluding hydrogens is 280 g/mol. The molecular formula is C13H19ClN4O2. The number of nitrogens with zero attached hydrogens (tertiary/aromatic N) is 3. The Morgan fingerprint density at radius 1 is 1.65 bits per heavy atom. The minimum Gasteiger partial charge on any atom is -0.347 e. The van der Waals surface area contributed by atoms with E-state index in [4.69, 9.17) is 11.6 Å². The fourth-order valence-electron chi connectivity index (χ4n) is 2.58. The number of anilines is 1. The van der Waals surface area contributed by atoms with Crippen LogP contribution in [0.2, 0.25) is 5.02 Å². The second kappa shape index (κ2) is 6.85. The Labute approximate surface area is 123 Å². The number of hydrogen-bond donors (Lipinski definition) is 1. The predicted octanol–water partition coefficient (Wildman–Crippen LogP) is 2.61. The maximum atomic E-state index is 11.2. The van der Waals surface area contributed by atoms with Gasteiger partial charge in [-0.1, -0.05) is 18.5 Å². The smallest absolute Gasteiger partial charge is 0.313 e. The zero-order valence-corrected chi connectivity index (χ0v) is 12.3. The third-order valence-corrected chi connectivity index (χ3v) is 3.67. The predicted molar refractivity (Wildman–Crippen MR) is 79.4 cm³/mol. The lowest BCUT2D eigenvalue weighted by Gasteiger charge is -2.35. The first kappa shape index (κ1) is 15.0. The van der Waals surface area contributed by atoms with Crippen LogP contribution in [0.3, 0.4) is 0 Å². The molecule has 2 rings (SSSR count). The summed E-state index contributed by atoms with van der Waals surface area (Å²) in [6.07, 6.45) is 4.49. The summed E-state index contributed by atoms with van der Waals surface area (Å²) in [6, 6.07) is 1.62. The molecule has 0 radical (unpaired) electrons. The minimum atomic E-state index is -0.410. The second-order valence-electron chi connectivity index (χ2n) is 4.95. The first-order valence-electron chi connectivity index (χ1n) is 6.90. The Morgan fingerprint density at radius 2 is 2.45 bits per heavy atom. The molecule has 1 aliphatic rings. The fraction of sp³-hybridized carbons (Fsp3) is 0.615. The monoisotopic (exact) mass is 298 g/mol. The summed E-state index contributed by atoms with van der Waals surface area (Å²) in [5.74, 6) is 0.426. The quantitative estimate of drug-likeness (QED) is 0.668. The highest BCUT2D eigenvalue weighted by atomic mass is 35.5. The van der Waals surface area contributed by atoms with E-state index in [1.165, 1.54) is 12.3 Å². The van der Waals surface area contributed by atoms with Gasteiger partial charge >= 0.3 is 5.69 Å². The fourth-order valence-corrected chi connectivity index (χ4v) is 2.73. The first-order valence-corrected chi connectivity index (χ1v) is 7.28. The lowest BCUT2D eigenvalue weighted by Crippen LogP contribution is -2.47. The van der Waals surface area contributed by atoms with Crippen LogP contribution in [-0.2, 0) is 0 Å². The number of halogens is 1. The van der Waals surface area contributed by atoms with Crippen LogP contribution in [0.5, 0.6) is 0 Å². The van der Waals surface area contributed by atoms with Crippen LogP contribution in [0, 0.1) is 10.1 Å². The first-order chi connectivity index (χ1) is 9.63. The molecule has 2 heterocycles. The van der Waals surface area contributed by atoms with Crippen molar-refractivity contribution in [3.63, 3.8) is 0 Å². The van der Waals surface area contributed by atoms with Crippen molar-refractivity contribution in [2.24, 2.45) is 0 Å². The van der Waals surface area contributed by atoms with Crippen molar-refractivity contribution in [2.75, 3.05) is 24.5 Å². The van der Waals surface area contributed by atoms with Gasteiger partial charge in [-0.2, -0.15) is 0 Å². The van der Waals surface area contributed by atoms with E-state index in [1.807, 2.05) is 4.90 Å². The molecule has 1 unspecified atom stereocenters. The van der Waals surface area contributed by atoms with E-state index in [9.17, 15) is 10.1 Å². The summed E-state index contributed by atoms with van der Waals surface area (Å²) in [5.41, 5.74) is -0.0171. The van der Waals surface area contributed by atoms with Gasteiger partial charge in [0.1, 0.15) is 0 Å². The molecule has 0 aromatic carbocycles. The van der Waals surface area contributed by atoms with E-state index < -0.39 is 4.92 Å². The van der Waals surface area contributed by atoms with E-state index in [0.29, 0.717) is 10.8 Å². The van der Waals surface area contributed by atoms with E-state index in [0.717, 1.165) is 38.9 Å². The maximum absolute atomic E-state index is 11.2. The molecule has 0 saturated carbocycles. The molecule has 1 atom stereocenters. The summed E-state index contributed by atoms with van der Waals surface area (Å²) < 4.78 is 0. The lowest BCUT2D eigenvalue weighted by molar-refractivity contribution is -0.384. The highest BCUT2D eigenvalue weighted by Gasteiger charge is 2.28. The van der Waals surface area contributed by atoms with Gasteiger partial charge in [0.25, 0.3) is 0 Å². The van der Waals surface area contributed by atoms with Gasteiger partial charge in [0, 0.05) is 31.4 Å². The van der Waals surface area contributed by atoms with Gasteiger partial charge in [0.2, 0.25) is 5.82 Å². The number of nitrogens with one attached hydrogen (secondary N) is 1. The molecule has 0 amide bonds. The second-order valence-corrected chi connectivity index (χ2v) is 5.38. The number of rotatable bonds is 5. The van der Waals surface area contributed by atoms with Crippen molar-refractivity contribution in [3.05, 3.63) is 27.4 Å². The molecule has 0 bridgehead atoms. The Hall–Kier alpha value is -1.40. The normalized spacial score (nSPS) is 18.8. The van der Waals surface area contributed by atoms with Gasteiger partial charge in [-0.05, 0) is 25.8 Å². The number of aromatic nitrogens is 1. The standard InChI is InChI=1S/C13H19ClN4O2/c1-2-6-17(11-4-3-5-15-9-11)13-12(18(19)20)7-10(14)8-16-13/h7-8,11,15H,2-6,9H2,1H3. The van der Waals surface area contributed by atoms with Gasteiger partial charge in [-0.3, -0.25) is 10.1 Å². The van der Waals surface area contributed by atoms with Gasteiger partial charge in [0.05, 0.1) is 9.95 Å². The molecule has 1 aromatic rings. The average molecular weight is 299 g/mol. The van der Waals surface area contributed by atoms with E-state index in [1.54, 1.807) is 0 Å². The molecule has 1 aliphatic heterocycles. The number of hydrogen-bond acceptors (Lipinski definition) is 5. The maximum Gasteiger partial charge on any atom is 0.313 e. The van der Waals surface area contributed by atoms with Crippen LogP contribution in [0.1, 0.15) is 26.2 Å². The van der Waals surface area contributed by atoms with Crippen molar-refractivity contribution >= 4 is 23.1 Å². The molecule has 7 heteroatoms. The van der Waals surface area contributed by atoms with Crippen molar-refractivity contribution < 1.29 is 4.92 Å². The van der Waals surface area contributed by atoms with Gasteiger partial charge < -0.3 is 10.2 Å². The molecule has 1 fully saturated rings. The molecule has 1 saturated heterocycles. The van der Waals surface area contributed by atoms with Crippen molar-refractivity contribution in [1.29, 1.82) is 0 Å². The third kappa shape index (κ3) is 3.37. The van der Waals surface area contributed by atoms with Crippen LogP contribution in [-0.4, -0.2) is 35.6 Å². The molecule has 1 N–H and O–H groups in total. The SMILES string of the molecule is CCCN(c1ncc(Cl)cc1[N+](=O)[O-])C1CCCNC1. The van der Waals surface area contributed by atoms with Gasteiger partial charge in [0.15, 0.2) is 0 Å². The van der Waals surface area contributed by atoms with Crippen LogP contribution in [0.4, 0.5) is 11.5 Å².